The van der Waals surface area contributed by atoms with Gasteiger partial charge in [-0.2, -0.15) is 4.57 Å². The fourth-order valence-corrected chi connectivity index (χ4v) is 9.66. The minimum atomic E-state index is -0.541. The van der Waals surface area contributed by atoms with Gasteiger partial charge < -0.3 is 4.74 Å². The van der Waals surface area contributed by atoms with Crippen LogP contribution >= 0.6 is 0 Å². The minimum Gasteiger partial charge on any atom is -0.394 e. The number of rotatable bonds is 0. The van der Waals surface area contributed by atoms with Gasteiger partial charge in [0.25, 0.3) is 0 Å². The van der Waals surface area contributed by atoms with Crippen LogP contribution in [0.2, 0.25) is 0 Å². The summed E-state index contributed by atoms with van der Waals surface area (Å²) in [5.74, 6) is 1.58. The van der Waals surface area contributed by atoms with Crippen LogP contribution in [0.25, 0.3) is 50.3 Å². The molecular formula is C38H22N7O+3. The van der Waals surface area contributed by atoms with Crippen LogP contribution < -0.4 is 18.9 Å². The molecule has 46 heavy (non-hydrogen) atoms. The van der Waals surface area contributed by atoms with Crippen LogP contribution in [0, 0.1) is 6.92 Å². The largest absolute Gasteiger partial charge is 0.438 e. The van der Waals surface area contributed by atoms with Crippen molar-refractivity contribution in [3.05, 3.63) is 143 Å². The van der Waals surface area contributed by atoms with E-state index in [0.717, 1.165) is 56.6 Å². The molecule has 0 radical (unpaired) electrons. The Balaban J connectivity index is 1.36. The fraction of sp³-hybridized carbons (Fsp3) is 0.0526. The molecule has 0 fully saturated rings. The number of aromatic nitrogens is 6. The molecule has 4 aromatic carbocycles. The van der Waals surface area contributed by atoms with E-state index in [0.29, 0.717) is 0 Å². The number of hydrogen-bond donors (Lipinski definition) is 0. The third-order valence-corrected chi connectivity index (χ3v) is 11.0. The lowest BCUT2D eigenvalue weighted by Gasteiger charge is -2.39. The molecule has 212 valence electrons. The highest BCUT2D eigenvalue weighted by molar-refractivity contribution is 6.10. The molecule has 8 aromatic rings. The van der Waals surface area contributed by atoms with Crippen molar-refractivity contribution in [1.82, 2.24) is 24.3 Å². The third kappa shape index (κ3) is 1.94. The van der Waals surface area contributed by atoms with Crippen LogP contribution in [-0.2, 0) is 5.41 Å². The van der Waals surface area contributed by atoms with Gasteiger partial charge in [0.05, 0.1) is 28.8 Å². The summed E-state index contributed by atoms with van der Waals surface area (Å²) in [4.78, 5) is 7.43. The molecule has 0 saturated carbocycles. The highest BCUT2D eigenvalue weighted by Crippen LogP contribution is 2.64. The number of pyridine rings is 1. The van der Waals surface area contributed by atoms with E-state index in [4.69, 9.17) is 14.8 Å². The van der Waals surface area contributed by atoms with Gasteiger partial charge in [0, 0.05) is 26.7 Å². The molecule has 4 aromatic heterocycles. The minimum absolute atomic E-state index is 0.164. The first-order valence-corrected chi connectivity index (χ1v) is 15.7. The zero-order valence-corrected chi connectivity index (χ0v) is 24.5. The Hall–Kier alpha value is -6.12. The molecule has 1 atom stereocenters. The Labute approximate surface area is 261 Å². The van der Waals surface area contributed by atoms with Crippen LogP contribution in [-0.4, -0.2) is 19.4 Å². The molecule has 0 bridgehead atoms. The van der Waals surface area contributed by atoms with Crippen LogP contribution in [0.4, 0.5) is 5.69 Å². The number of ether oxygens (including phenoxy) is 1. The molecule has 13 rings (SSSR count). The quantitative estimate of drug-likeness (QED) is 0.160. The SMILES string of the molecule is Cc1cc2n(n1)[N+]13c4c(ccc5c4-n4c6c(cccc6c6ncc[n+]1c64)C51c4ccccc4-c4ccccc41)Oc1cccc-2[n+]13. The zero-order valence-electron chi connectivity index (χ0n) is 24.5. The number of para-hydroxylation sites is 1. The second-order valence-electron chi connectivity index (χ2n) is 12.9. The van der Waals surface area contributed by atoms with Gasteiger partial charge in [0.15, 0.2) is 11.7 Å². The Bertz CT molecular complexity index is 2780. The molecule has 2 spiro atoms. The topological polar surface area (TPSA) is 52.6 Å². The number of nitrogens with zero attached hydrogens (tertiary/aromatic N) is 7. The third-order valence-electron chi connectivity index (χ3n) is 11.0. The number of aryl methyl sites for hydroxylation is 1. The van der Waals surface area contributed by atoms with E-state index in [-0.39, 0.29) is 4.81 Å². The molecule has 0 amide bonds. The van der Waals surface area contributed by atoms with Crippen molar-refractivity contribution < 1.29 is 14.1 Å². The summed E-state index contributed by atoms with van der Waals surface area (Å²) in [6.45, 7) is 2.07. The maximum atomic E-state index is 6.87. The number of fused-ring (bicyclic) bond motifs is 10. The van der Waals surface area contributed by atoms with Crippen molar-refractivity contribution in [2.24, 2.45) is 0 Å². The predicted molar refractivity (Wildman–Crippen MR) is 170 cm³/mol. The van der Waals surface area contributed by atoms with Gasteiger partial charge in [0.2, 0.25) is 21.9 Å². The van der Waals surface area contributed by atoms with Gasteiger partial charge in [-0.05, 0) is 59.5 Å². The van der Waals surface area contributed by atoms with E-state index < -0.39 is 5.41 Å². The molecule has 8 nitrogen and oxygen atoms in total. The summed E-state index contributed by atoms with van der Waals surface area (Å²) in [5.41, 5.74) is 15.5. The normalized spacial score (nSPS) is 18.5. The molecule has 5 aliphatic rings. The molecular weight excluding hydrogens is 570 g/mol. The van der Waals surface area contributed by atoms with E-state index in [1.54, 1.807) is 0 Å². The summed E-state index contributed by atoms with van der Waals surface area (Å²) < 4.78 is 13.9. The summed E-state index contributed by atoms with van der Waals surface area (Å²) in [6, 6.07) is 37.6. The van der Waals surface area contributed by atoms with Crippen molar-refractivity contribution in [3.63, 3.8) is 0 Å². The van der Waals surface area contributed by atoms with Gasteiger partial charge in [-0.25, -0.2) is 4.98 Å². The molecule has 1 unspecified atom stereocenters. The number of hydrogen-bond acceptors (Lipinski definition) is 3. The predicted octanol–water partition coefficient (Wildman–Crippen LogP) is 6.03. The molecule has 0 saturated heterocycles. The van der Waals surface area contributed by atoms with E-state index >= 15 is 0 Å². The first-order valence-electron chi connectivity index (χ1n) is 15.7. The average Bonchev–Trinajstić information content (AvgIpc) is 3.81. The monoisotopic (exact) mass is 592 g/mol. The standard InChI is InChI=1S/C38H22N7O/c1-21-20-30-29-14-7-15-32-43(29)45(44(30)40-21)36-31(46-32)17-16-28-35(36)42-34-24(33-37(42)41(45)19-18-39-33)10-6-13-27(34)38(28)25-11-4-2-8-22(25)23-9-3-5-12-26(23)38/h2-20H,1H3/q+3. The van der Waals surface area contributed by atoms with Crippen molar-refractivity contribution >= 4 is 27.8 Å². The summed E-state index contributed by atoms with van der Waals surface area (Å²) in [6.07, 6.45) is 4.03. The van der Waals surface area contributed by atoms with Crippen LogP contribution in [0.3, 0.4) is 0 Å². The second-order valence-corrected chi connectivity index (χ2v) is 12.9. The zero-order chi connectivity index (χ0) is 29.7. The van der Waals surface area contributed by atoms with Gasteiger partial charge in [-0.15, -0.1) is 5.10 Å². The van der Waals surface area contributed by atoms with Gasteiger partial charge in [0.1, 0.15) is 10.2 Å². The highest BCUT2D eigenvalue weighted by atomic mass is 16.5. The summed E-state index contributed by atoms with van der Waals surface area (Å²) >= 11 is 0. The average molecular weight is 593 g/mol. The van der Waals surface area contributed by atoms with E-state index in [9.17, 15) is 0 Å². The summed E-state index contributed by atoms with van der Waals surface area (Å²) in [7, 11) is 0. The van der Waals surface area contributed by atoms with E-state index in [1.165, 1.54) is 38.9 Å². The van der Waals surface area contributed by atoms with Gasteiger partial charge in [-0.3, -0.25) is 0 Å². The fourth-order valence-electron chi connectivity index (χ4n) is 9.66. The van der Waals surface area contributed by atoms with Gasteiger partial charge >= 0.3 is 22.9 Å². The molecule has 8 heteroatoms. The van der Waals surface area contributed by atoms with Crippen molar-refractivity contribution in [1.29, 1.82) is 0 Å². The molecule has 1 aliphatic carbocycles. The first kappa shape index (κ1) is 22.4. The van der Waals surface area contributed by atoms with Gasteiger partial charge in [-0.1, -0.05) is 60.7 Å². The number of benzene rings is 4. The Morgan fingerprint density at radius 3 is 2.43 bits per heavy atom. The highest BCUT2D eigenvalue weighted by Gasteiger charge is 2.73. The molecule has 8 heterocycles. The van der Waals surface area contributed by atoms with Crippen molar-refractivity contribution in [2.45, 2.75) is 12.3 Å². The Kier molecular flexibility index (Phi) is 3.29. The Morgan fingerprint density at radius 2 is 1.59 bits per heavy atom. The van der Waals surface area contributed by atoms with E-state index in [2.05, 4.69) is 135 Å². The molecule has 0 N–H and O–H groups in total. The second kappa shape index (κ2) is 6.75. The van der Waals surface area contributed by atoms with Crippen LogP contribution in [0.5, 0.6) is 11.6 Å². The number of quaternary nitrogens is 1. The molecule has 4 aliphatic heterocycles. The lowest BCUT2D eigenvalue weighted by Crippen LogP contribution is -2.89. The maximum absolute atomic E-state index is 6.87. The Morgan fingerprint density at radius 1 is 0.804 bits per heavy atom. The lowest BCUT2D eigenvalue weighted by molar-refractivity contribution is -1.05. The van der Waals surface area contributed by atoms with Crippen LogP contribution in [0.15, 0.2) is 116 Å². The smallest absolute Gasteiger partial charge is 0.394 e. The van der Waals surface area contributed by atoms with Crippen molar-refractivity contribution in [2.75, 3.05) is 0 Å². The maximum Gasteiger partial charge on any atom is 0.438 e. The summed E-state index contributed by atoms with van der Waals surface area (Å²) in [5, 5.41) is 6.37. The van der Waals surface area contributed by atoms with E-state index in [1.807, 2.05) is 6.20 Å². The lowest BCUT2D eigenvalue weighted by atomic mass is 9.65. The first-order chi connectivity index (χ1) is 22.7. The van der Waals surface area contributed by atoms with Crippen molar-refractivity contribution in [3.8, 4) is 39.8 Å². The van der Waals surface area contributed by atoms with Crippen LogP contribution in [0.1, 0.15) is 27.9 Å².